The van der Waals surface area contributed by atoms with Gasteiger partial charge in [0.1, 0.15) is 17.1 Å². The molecule has 2 aliphatic rings. The highest BCUT2D eigenvalue weighted by atomic mass is 32.2. The van der Waals surface area contributed by atoms with Gasteiger partial charge in [-0.1, -0.05) is 48.7 Å². The van der Waals surface area contributed by atoms with Gasteiger partial charge in [0.05, 0.1) is 6.42 Å². The zero-order valence-corrected chi connectivity index (χ0v) is 12.9. The molecule has 0 aliphatic carbocycles. The summed E-state index contributed by atoms with van der Waals surface area (Å²) < 4.78 is 0. The van der Waals surface area contributed by atoms with E-state index in [0.717, 1.165) is 5.56 Å². The molecule has 2 atom stereocenters. The van der Waals surface area contributed by atoms with Crippen LogP contribution in [0.15, 0.2) is 53.6 Å². The van der Waals surface area contributed by atoms with E-state index >= 15 is 0 Å². The third-order valence-electron chi connectivity index (χ3n) is 3.62. The third-order valence-corrected chi connectivity index (χ3v) is 4.76. The lowest BCUT2D eigenvalue weighted by atomic mass is 10.0. The molecule has 0 spiro atoms. The number of carboxylic acids is 1. The van der Waals surface area contributed by atoms with Crippen LogP contribution >= 0.6 is 11.8 Å². The predicted molar refractivity (Wildman–Crippen MR) is 85.2 cm³/mol. The Bertz CT molecular complexity index is 729. The highest BCUT2D eigenvalue weighted by Gasteiger charge is 2.53. The molecular formula is C16H14N2O4S. The molecule has 7 heteroatoms. The number of β-lactam (4-membered cyclic amide) rings is 1. The molecule has 1 aromatic rings. The predicted octanol–water partition coefficient (Wildman–Crippen LogP) is 1.11. The number of rotatable bonds is 4. The molecule has 2 N–H and O–H groups in total. The van der Waals surface area contributed by atoms with Crippen LogP contribution in [0.5, 0.6) is 0 Å². The first-order valence-electron chi connectivity index (χ1n) is 6.94. The first kappa shape index (κ1) is 15.4. The van der Waals surface area contributed by atoms with Crippen molar-refractivity contribution in [2.45, 2.75) is 17.8 Å². The van der Waals surface area contributed by atoms with E-state index in [0.29, 0.717) is 4.91 Å². The van der Waals surface area contributed by atoms with Gasteiger partial charge in [-0.2, -0.15) is 0 Å². The average Bonchev–Trinajstić information content (AvgIpc) is 2.52. The first-order chi connectivity index (χ1) is 11.0. The number of thioether (sulfide) groups is 1. The number of allylic oxidation sites excluding steroid dienone is 1. The summed E-state index contributed by atoms with van der Waals surface area (Å²) in [5, 5.41) is 11.4. The molecule has 1 aromatic carbocycles. The lowest BCUT2D eigenvalue weighted by Crippen LogP contribution is -2.70. The normalized spacial score (nSPS) is 22.8. The van der Waals surface area contributed by atoms with E-state index in [2.05, 4.69) is 11.9 Å². The Morgan fingerprint density at radius 2 is 2.00 bits per heavy atom. The Kier molecular flexibility index (Phi) is 3.96. The van der Waals surface area contributed by atoms with Crippen LogP contribution in [-0.4, -0.2) is 39.2 Å². The molecule has 0 saturated carbocycles. The lowest BCUT2D eigenvalue weighted by molar-refractivity contribution is -0.150. The fourth-order valence-electron chi connectivity index (χ4n) is 2.56. The van der Waals surface area contributed by atoms with Crippen molar-refractivity contribution in [3.8, 4) is 0 Å². The van der Waals surface area contributed by atoms with Crippen LogP contribution in [-0.2, 0) is 20.8 Å². The minimum Gasteiger partial charge on any atom is -0.477 e. The molecule has 1 saturated heterocycles. The number of carbonyl (C=O) groups excluding carboxylic acids is 2. The quantitative estimate of drug-likeness (QED) is 0.808. The average molecular weight is 330 g/mol. The molecule has 1 unspecified atom stereocenters. The van der Waals surface area contributed by atoms with E-state index < -0.39 is 23.3 Å². The van der Waals surface area contributed by atoms with Crippen molar-refractivity contribution < 1.29 is 19.5 Å². The number of fused-ring (bicyclic) bond motifs is 1. The van der Waals surface area contributed by atoms with Gasteiger partial charge >= 0.3 is 5.97 Å². The molecule has 23 heavy (non-hydrogen) atoms. The Morgan fingerprint density at radius 3 is 2.65 bits per heavy atom. The van der Waals surface area contributed by atoms with Crippen molar-refractivity contribution in [1.29, 1.82) is 0 Å². The van der Waals surface area contributed by atoms with Gasteiger partial charge in [-0.25, -0.2) is 4.79 Å². The maximum atomic E-state index is 12.2. The second kappa shape index (κ2) is 5.92. The van der Waals surface area contributed by atoms with E-state index in [1.807, 2.05) is 30.3 Å². The number of hydrogen-bond acceptors (Lipinski definition) is 4. The van der Waals surface area contributed by atoms with Crippen molar-refractivity contribution in [2.24, 2.45) is 0 Å². The van der Waals surface area contributed by atoms with Crippen LogP contribution in [0.3, 0.4) is 0 Å². The standard InChI is InChI=1S/C16H14N2O4S/c1-9-7-11(16(21)22)18-14(20)13(15(18)23-9)17-12(19)8-10-5-3-2-4-6-10/h2-7,13,15H,1,8H2,(H,17,19)(H,21,22)/t13?,15-/m1/s1. The van der Waals surface area contributed by atoms with Crippen LogP contribution in [0.2, 0.25) is 0 Å². The van der Waals surface area contributed by atoms with Crippen molar-refractivity contribution in [3.05, 3.63) is 59.2 Å². The van der Waals surface area contributed by atoms with Gasteiger partial charge in [-0.15, -0.1) is 0 Å². The highest BCUT2D eigenvalue weighted by molar-refractivity contribution is 8.04. The fourth-order valence-corrected chi connectivity index (χ4v) is 3.69. The van der Waals surface area contributed by atoms with Gasteiger partial charge in [0.2, 0.25) is 5.91 Å². The van der Waals surface area contributed by atoms with E-state index in [1.165, 1.54) is 22.7 Å². The van der Waals surface area contributed by atoms with Crippen LogP contribution in [0, 0.1) is 0 Å². The second-order valence-corrected chi connectivity index (χ2v) is 6.47. The maximum Gasteiger partial charge on any atom is 0.352 e. The number of hydrogen-bond donors (Lipinski definition) is 2. The minimum absolute atomic E-state index is 0.0997. The number of benzene rings is 1. The topological polar surface area (TPSA) is 86.7 Å². The van der Waals surface area contributed by atoms with E-state index in [4.69, 9.17) is 5.11 Å². The minimum atomic E-state index is -1.18. The molecule has 2 heterocycles. The maximum absolute atomic E-state index is 12.2. The van der Waals surface area contributed by atoms with Gasteiger partial charge in [0, 0.05) is 4.91 Å². The van der Waals surface area contributed by atoms with Crippen molar-refractivity contribution in [1.82, 2.24) is 10.2 Å². The van der Waals surface area contributed by atoms with E-state index in [1.54, 1.807) is 0 Å². The van der Waals surface area contributed by atoms with Crippen LogP contribution in [0.4, 0.5) is 0 Å². The Hall–Kier alpha value is -2.54. The number of nitrogens with one attached hydrogen (secondary N) is 1. The highest BCUT2D eigenvalue weighted by Crippen LogP contribution is 2.42. The van der Waals surface area contributed by atoms with Gasteiger partial charge in [-0.3, -0.25) is 14.5 Å². The van der Waals surface area contributed by atoms with Crippen LogP contribution in [0.1, 0.15) is 5.56 Å². The molecule has 0 aromatic heterocycles. The van der Waals surface area contributed by atoms with E-state index in [-0.39, 0.29) is 18.0 Å². The summed E-state index contributed by atoms with van der Waals surface area (Å²) in [6.07, 6.45) is 1.54. The molecule has 118 valence electrons. The number of nitrogens with zero attached hydrogens (tertiary/aromatic N) is 1. The van der Waals surface area contributed by atoms with Crippen molar-refractivity contribution in [3.63, 3.8) is 0 Å². The third kappa shape index (κ3) is 2.87. The smallest absolute Gasteiger partial charge is 0.352 e. The molecule has 3 rings (SSSR count). The van der Waals surface area contributed by atoms with Gasteiger partial charge in [0.15, 0.2) is 0 Å². The number of carboxylic acid groups (broad SMARTS) is 1. The summed E-state index contributed by atoms with van der Waals surface area (Å²) in [6.45, 7) is 3.74. The summed E-state index contributed by atoms with van der Waals surface area (Å²) in [6, 6.07) is 8.47. The van der Waals surface area contributed by atoms with Gasteiger partial charge in [0.25, 0.3) is 5.91 Å². The zero-order chi connectivity index (χ0) is 16.6. The fraction of sp³-hybridized carbons (Fsp3) is 0.188. The van der Waals surface area contributed by atoms with Crippen LogP contribution in [0.25, 0.3) is 0 Å². The van der Waals surface area contributed by atoms with Crippen molar-refractivity contribution in [2.75, 3.05) is 0 Å². The Labute approximate surface area is 136 Å². The van der Waals surface area contributed by atoms with Crippen molar-refractivity contribution >= 4 is 29.5 Å². The second-order valence-electron chi connectivity index (χ2n) is 5.23. The molecular weight excluding hydrogens is 316 g/mol. The molecule has 2 amide bonds. The molecule has 0 bridgehead atoms. The summed E-state index contributed by atoms with van der Waals surface area (Å²) >= 11 is 1.27. The van der Waals surface area contributed by atoms with Crippen LogP contribution < -0.4 is 5.32 Å². The number of aliphatic carboxylic acids is 1. The number of carbonyl (C=O) groups is 3. The summed E-state index contributed by atoms with van der Waals surface area (Å²) in [7, 11) is 0. The van der Waals surface area contributed by atoms with Gasteiger partial charge in [-0.05, 0) is 11.6 Å². The molecule has 6 nitrogen and oxygen atoms in total. The Morgan fingerprint density at radius 1 is 1.30 bits per heavy atom. The SMILES string of the molecule is C=C1C=C(C(=O)O)N2C(=O)C(NC(=O)Cc3ccccc3)[C@H]2S1. The monoisotopic (exact) mass is 330 g/mol. The Balaban J connectivity index is 1.68. The van der Waals surface area contributed by atoms with Gasteiger partial charge < -0.3 is 10.4 Å². The molecule has 0 radical (unpaired) electrons. The lowest BCUT2D eigenvalue weighted by Gasteiger charge is -2.48. The molecule has 2 aliphatic heterocycles. The summed E-state index contributed by atoms with van der Waals surface area (Å²) in [4.78, 5) is 37.2. The summed E-state index contributed by atoms with van der Waals surface area (Å²) in [5.41, 5.74) is 0.748. The zero-order valence-electron chi connectivity index (χ0n) is 12.1. The first-order valence-corrected chi connectivity index (χ1v) is 7.82. The number of amides is 2. The summed E-state index contributed by atoms with van der Waals surface area (Å²) in [5.74, 6) is -1.87. The molecule has 1 fully saturated rings. The largest absolute Gasteiger partial charge is 0.477 e. The van der Waals surface area contributed by atoms with E-state index in [9.17, 15) is 14.4 Å².